The first kappa shape index (κ1) is 13.4. The Labute approximate surface area is 116 Å². The second-order valence-corrected chi connectivity index (χ2v) is 5.42. The quantitative estimate of drug-likeness (QED) is 0.887. The molecule has 1 amide bonds. The normalized spacial score (nSPS) is 19.8. The monoisotopic (exact) mass is 311 g/mol. The average molecular weight is 312 g/mol. The Bertz CT molecular complexity index is 450. The van der Waals surface area contributed by atoms with Gasteiger partial charge in [-0.25, -0.2) is 0 Å². The van der Waals surface area contributed by atoms with Crippen LogP contribution in [0, 0.1) is 6.92 Å². The van der Waals surface area contributed by atoms with Crippen LogP contribution in [0.2, 0.25) is 0 Å². The zero-order valence-corrected chi connectivity index (χ0v) is 12.0. The molecule has 4 nitrogen and oxygen atoms in total. The smallest absolute Gasteiger partial charge is 0.242 e. The molecule has 1 atom stereocenters. The summed E-state index contributed by atoms with van der Waals surface area (Å²) in [5, 5.41) is 2.90. The molecule has 1 saturated heterocycles. The third kappa shape index (κ3) is 2.67. The lowest BCUT2D eigenvalue weighted by atomic mass is 10.1. The maximum atomic E-state index is 11.9. The number of piperazine rings is 1. The first-order valence-corrected chi connectivity index (χ1v) is 6.93. The molecule has 0 aliphatic carbocycles. The van der Waals surface area contributed by atoms with Gasteiger partial charge in [0.25, 0.3) is 0 Å². The van der Waals surface area contributed by atoms with Crippen molar-refractivity contribution in [2.24, 2.45) is 5.73 Å². The fraction of sp³-hybridized carbons (Fsp3) is 0.462. The highest BCUT2D eigenvalue weighted by Crippen LogP contribution is 2.27. The molecule has 2 rings (SSSR count). The van der Waals surface area contributed by atoms with Crippen molar-refractivity contribution in [3.63, 3.8) is 0 Å². The van der Waals surface area contributed by atoms with Crippen LogP contribution in [0.25, 0.3) is 0 Å². The van der Waals surface area contributed by atoms with Crippen LogP contribution in [-0.2, 0) is 4.79 Å². The van der Waals surface area contributed by atoms with Gasteiger partial charge in [-0.2, -0.15) is 0 Å². The first-order chi connectivity index (χ1) is 8.63. The molecule has 0 aromatic heterocycles. The van der Waals surface area contributed by atoms with Gasteiger partial charge in [0.05, 0.1) is 0 Å². The van der Waals surface area contributed by atoms with Crippen LogP contribution >= 0.6 is 15.9 Å². The summed E-state index contributed by atoms with van der Waals surface area (Å²) in [6.07, 6.45) is 0.682. The predicted octanol–water partition coefficient (Wildman–Crippen LogP) is 1.41. The number of nitrogens with zero attached hydrogens (tertiary/aromatic N) is 1. The average Bonchev–Trinajstić information content (AvgIpc) is 2.32. The highest BCUT2D eigenvalue weighted by Gasteiger charge is 2.29. The fourth-order valence-electron chi connectivity index (χ4n) is 2.39. The maximum absolute atomic E-state index is 11.9. The largest absolute Gasteiger partial charge is 0.357 e. The Morgan fingerprint density at radius 3 is 3.00 bits per heavy atom. The van der Waals surface area contributed by atoms with E-state index in [1.54, 1.807) is 0 Å². The van der Waals surface area contributed by atoms with Crippen molar-refractivity contribution in [2.45, 2.75) is 19.4 Å². The van der Waals surface area contributed by atoms with E-state index in [2.05, 4.69) is 45.2 Å². The van der Waals surface area contributed by atoms with Crippen LogP contribution < -0.4 is 16.0 Å². The van der Waals surface area contributed by atoms with E-state index in [-0.39, 0.29) is 11.9 Å². The molecule has 98 valence electrons. The van der Waals surface area contributed by atoms with E-state index >= 15 is 0 Å². The first-order valence-electron chi connectivity index (χ1n) is 6.14. The number of nitrogens with two attached hydrogens (primary N) is 1. The van der Waals surface area contributed by atoms with E-state index in [9.17, 15) is 4.79 Å². The topological polar surface area (TPSA) is 58.4 Å². The molecular formula is C13H18BrN3O. The minimum Gasteiger partial charge on any atom is -0.357 e. The van der Waals surface area contributed by atoms with Crippen LogP contribution in [-0.4, -0.2) is 31.6 Å². The molecule has 0 radical (unpaired) electrons. The summed E-state index contributed by atoms with van der Waals surface area (Å²) in [7, 11) is 0. The summed E-state index contributed by atoms with van der Waals surface area (Å²) in [4.78, 5) is 14.1. The summed E-state index contributed by atoms with van der Waals surface area (Å²) in [5.74, 6) is 0.0778. The van der Waals surface area contributed by atoms with Gasteiger partial charge in [0.1, 0.15) is 6.04 Å². The van der Waals surface area contributed by atoms with Crippen LogP contribution in [0.4, 0.5) is 5.69 Å². The number of hydrogen-bond acceptors (Lipinski definition) is 3. The standard InChI is InChI=1S/C13H18BrN3O/c1-9-8-10(14)2-3-11(9)17-7-6-16-13(18)12(17)4-5-15/h2-3,8,12H,4-7,15H2,1H3,(H,16,18). The summed E-state index contributed by atoms with van der Waals surface area (Å²) in [5.41, 5.74) is 7.89. The van der Waals surface area contributed by atoms with Gasteiger partial charge in [-0.3, -0.25) is 4.79 Å². The number of aryl methyl sites for hydroxylation is 1. The number of carbonyl (C=O) groups is 1. The third-order valence-electron chi connectivity index (χ3n) is 3.24. The van der Waals surface area contributed by atoms with Crippen molar-refractivity contribution in [3.05, 3.63) is 28.2 Å². The van der Waals surface area contributed by atoms with Gasteiger partial charge >= 0.3 is 0 Å². The van der Waals surface area contributed by atoms with Gasteiger partial charge in [-0.15, -0.1) is 0 Å². The molecule has 0 saturated carbocycles. The van der Waals surface area contributed by atoms with Gasteiger partial charge in [-0.1, -0.05) is 15.9 Å². The minimum absolute atomic E-state index is 0.0778. The number of amides is 1. The SMILES string of the molecule is Cc1cc(Br)ccc1N1CCNC(=O)C1CCN. The van der Waals surface area contributed by atoms with Gasteiger partial charge in [-0.05, 0) is 43.7 Å². The number of carbonyl (C=O) groups excluding carboxylic acids is 1. The Hall–Kier alpha value is -1.07. The maximum Gasteiger partial charge on any atom is 0.242 e. The number of nitrogens with one attached hydrogen (secondary N) is 1. The molecule has 1 aliphatic heterocycles. The van der Waals surface area contributed by atoms with E-state index in [4.69, 9.17) is 5.73 Å². The van der Waals surface area contributed by atoms with Crippen LogP contribution in [0.15, 0.2) is 22.7 Å². The summed E-state index contributed by atoms with van der Waals surface area (Å²) in [6.45, 7) is 4.10. The zero-order valence-electron chi connectivity index (χ0n) is 10.4. The molecule has 0 bridgehead atoms. The molecule has 1 heterocycles. The Kier molecular flexibility index (Phi) is 4.24. The molecule has 1 aromatic rings. The molecule has 3 N–H and O–H groups in total. The minimum atomic E-state index is -0.149. The van der Waals surface area contributed by atoms with E-state index in [1.807, 2.05) is 6.07 Å². The molecule has 5 heteroatoms. The summed E-state index contributed by atoms with van der Waals surface area (Å²) < 4.78 is 1.06. The van der Waals surface area contributed by atoms with Gasteiger partial charge in [0.15, 0.2) is 0 Å². The number of benzene rings is 1. The van der Waals surface area contributed by atoms with Crippen molar-refractivity contribution >= 4 is 27.5 Å². The Balaban J connectivity index is 2.31. The van der Waals surface area contributed by atoms with Gasteiger partial charge in [0.2, 0.25) is 5.91 Å². The molecular weight excluding hydrogens is 294 g/mol. The molecule has 18 heavy (non-hydrogen) atoms. The lowest BCUT2D eigenvalue weighted by Gasteiger charge is -2.37. The van der Waals surface area contributed by atoms with E-state index in [0.29, 0.717) is 19.5 Å². The number of halogens is 1. The fourth-order valence-corrected chi connectivity index (χ4v) is 2.86. The van der Waals surface area contributed by atoms with Crippen molar-refractivity contribution in [2.75, 3.05) is 24.5 Å². The van der Waals surface area contributed by atoms with E-state index in [0.717, 1.165) is 16.7 Å². The molecule has 1 unspecified atom stereocenters. The predicted molar refractivity (Wildman–Crippen MR) is 76.7 cm³/mol. The van der Waals surface area contributed by atoms with Crippen molar-refractivity contribution in [1.82, 2.24) is 5.32 Å². The van der Waals surface area contributed by atoms with E-state index in [1.165, 1.54) is 5.56 Å². The lowest BCUT2D eigenvalue weighted by molar-refractivity contribution is -0.123. The third-order valence-corrected chi connectivity index (χ3v) is 3.73. The second kappa shape index (κ2) is 5.71. The Morgan fingerprint density at radius 1 is 1.56 bits per heavy atom. The number of hydrogen-bond donors (Lipinski definition) is 2. The molecule has 1 aromatic carbocycles. The Morgan fingerprint density at radius 2 is 2.33 bits per heavy atom. The van der Waals surface area contributed by atoms with Crippen LogP contribution in [0.3, 0.4) is 0 Å². The summed E-state index contributed by atoms with van der Waals surface area (Å²) >= 11 is 3.46. The molecule has 1 aliphatic rings. The van der Waals surface area contributed by atoms with Crippen LogP contribution in [0.5, 0.6) is 0 Å². The van der Waals surface area contributed by atoms with Gasteiger partial charge < -0.3 is 16.0 Å². The molecule has 0 spiro atoms. The molecule has 1 fully saturated rings. The number of anilines is 1. The highest BCUT2D eigenvalue weighted by atomic mass is 79.9. The van der Waals surface area contributed by atoms with E-state index < -0.39 is 0 Å². The van der Waals surface area contributed by atoms with Crippen molar-refractivity contribution in [3.8, 4) is 0 Å². The van der Waals surface area contributed by atoms with Crippen molar-refractivity contribution < 1.29 is 4.79 Å². The summed E-state index contributed by atoms with van der Waals surface area (Å²) in [6, 6.07) is 5.99. The van der Waals surface area contributed by atoms with Crippen LogP contribution in [0.1, 0.15) is 12.0 Å². The zero-order chi connectivity index (χ0) is 13.1. The number of rotatable bonds is 3. The lowest BCUT2D eigenvalue weighted by Crippen LogP contribution is -2.56. The second-order valence-electron chi connectivity index (χ2n) is 4.51. The highest BCUT2D eigenvalue weighted by molar-refractivity contribution is 9.10. The van der Waals surface area contributed by atoms with Crippen molar-refractivity contribution in [1.29, 1.82) is 0 Å². The van der Waals surface area contributed by atoms with Gasteiger partial charge in [0, 0.05) is 23.2 Å².